The van der Waals surface area contributed by atoms with Gasteiger partial charge in [-0.3, -0.25) is 14.8 Å². The number of hydrogen-bond acceptors (Lipinski definition) is 5. The molecule has 9 heteroatoms. The molecular weight excluding hydrogens is 304 g/mol. The molecule has 23 heavy (non-hydrogen) atoms. The Morgan fingerprint density at radius 2 is 2.13 bits per heavy atom. The van der Waals surface area contributed by atoms with Gasteiger partial charge in [-0.1, -0.05) is 0 Å². The fraction of sp³-hybridized carbons (Fsp3) is 0.429. The molecule has 0 aliphatic carbocycles. The maximum absolute atomic E-state index is 11.1. The van der Waals surface area contributed by atoms with E-state index >= 15 is 0 Å². The normalized spacial score (nSPS) is 15.8. The zero-order chi connectivity index (χ0) is 16.6. The summed E-state index contributed by atoms with van der Waals surface area (Å²) in [4.78, 5) is 22.9. The number of fused-ring (bicyclic) bond motifs is 1. The molecule has 0 saturated carbocycles. The van der Waals surface area contributed by atoms with Crippen LogP contribution < -0.4 is 4.74 Å². The van der Waals surface area contributed by atoms with E-state index in [-0.39, 0.29) is 17.5 Å². The van der Waals surface area contributed by atoms with Crippen molar-refractivity contribution in [1.82, 2.24) is 14.7 Å². The number of ether oxygens (including phenoxy) is 1. The molecule has 2 heterocycles. The fourth-order valence-electron chi connectivity index (χ4n) is 2.87. The zero-order valence-electron chi connectivity index (χ0n) is 12.5. The maximum atomic E-state index is 11.1. The number of piperidine rings is 1. The van der Waals surface area contributed by atoms with Crippen molar-refractivity contribution in [2.75, 3.05) is 20.2 Å². The number of methoxy groups -OCH3 is 1. The summed E-state index contributed by atoms with van der Waals surface area (Å²) in [6.45, 7) is 0.916. The van der Waals surface area contributed by atoms with E-state index < -0.39 is 11.0 Å². The zero-order valence-corrected chi connectivity index (χ0v) is 12.5. The number of nitro benzene ring substituents is 1. The number of carbonyl (C=O) groups is 1. The molecule has 0 spiro atoms. The largest absolute Gasteiger partial charge is 0.490 e. The topological polar surface area (TPSA) is 111 Å². The van der Waals surface area contributed by atoms with E-state index in [1.165, 1.54) is 18.1 Å². The molecular formula is C14H16N4O5. The highest BCUT2D eigenvalue weighted by atomic mass is 16.6. The Labute approximate surface area is 131 Å². The Morgan fingerprint density at radius 3 is 2.70 bits per heavy atom. The first-order chi connectivity index (χ1) is 11.0. The number of amides is 1. The monoisotopic (exact) mass is 320 g/mol. The van der Waals surface area contributed by atoms with E-state index in [1.807, 2.05) is 0 Å². The van der Waals surface area contributed by atoms with Crippen LogP contribution in [0.3, 0.4) is 0 Å². The molecule has 1 aromatic carbocycles. The molecule has 0 bridgehead atoms. The third-order valence-electron chi connectivity index (χ3n) is 4.13. The van der Waals surface area contributed by atoms with Gasteiger partial charge in [0.15, 0.2) is 5.75 Å². The van der Waals surface area contributed by atoms with Crippen LogP contribution in [0.2, 0.25) is 0 Å². The molecule has 1 amide bonds. The van der Waals surface area contributed by atoms with Crippen LogP contribution in [0, 0.1) is 10.1 Å². The molecule has 3 rings (SSSR count). The Kier molecular flexibility index (Phi) is 3.77. The molecule has 1 aromatic heterocycles. The Hall–Kier alpha value is -2.84. The average molecular weight is 320 g/mol. The van der Waals surface area contributed by atoms with Gasteiger partial charge >= 0.3 is 11.8 Å². The lowest BCUT2D eigenvalue weighted by Gasteiger charge is -2.29. The van der Waals surface area contributed by atoms with Crippen LogP contribution in [0.15, 0.2) is 18.3 Å². The minimum absolute atomic E-state index is 0.0862. The molecule has 0 unspecified atom stereocenters. The first-order valence-electron chi connectivity index (χ1n) is 7.18. The van der Waals surface area contributed by atoms with Gasteiger partial charge in [-0.05, 0) is 12.8 Å². The summed E-state index contributed by atoms with van der Waals surface area (Å²) < 4.78 is 6.82. The number of aromatic nitrogens is 2. The summed E-state index contributed by atoms with van der Waals surface area (Å²) in [6.07, 6.45) is 2.19. The molecule has 0 atom stereocenters. The van der Waals surface area contributed by atoms with Crippen LogP contribution in [0.25, 0.3) is 10.9 Å². The van der Waals surface area contributed by atoms with Crippen molar-refractivity contribution in [3.63, 3.8) is 0 Å². The van der Waals surface area contributed by atoms with Crippen molar-refractivity contribution in [3.05, 3.63) is 28.4 Å². The Balaban J connectivity index is 1.89. The number of nitro groups is 1. The summed E-state index contributed by atoms with van der Waals surface area (Å²) in [7, 11) is 1.38. The summed E-state index contributed by atoms with van der Waals surface area (Å²) >= 11 is 0. The number of hydrogen-bond donors (Lipinski definition) is 1. The Bertz CT molecular complexity index is 764. The van der Waals surface area contributed by atoms with Crippen molar-refractivity contribution in [1.29, 1.82) is 0 Å². The van der Waals surface area contributed by atoms with E-state index in [1.54, 1.807) is 16.9 Å². The number of rotatable bonds is 3. The van der Waals surface area contributed by atoms with Crippen LogP contribution >= 0.6 is 0 Å². The van der Waals surface area contributed by atoms with Crippen LogP contribution in [-0.2, 0) is 0 Å². The van der Waals surface area contributed by atoms with Crippen molar-refractivity contribution in [3.8, 4) is 5.75 Å². The quantitative estimate of drug-likeness (QED) is 0.686. The molecule has 2 aromatic rings. The van der Waals surface area contributed by atoms with Crippen molar-refractivity contribution < 1.29 is 19.6 Å². The highest BCUT2D eigenvalue weighted by Gasteiger charge is 2.25. The second kappa shape index (κ2) is 5.75. The minimum Gasteiger partial charge on any atom is -0.490 e. The second-order valence-corrected chi connectivity index (χ2v) is 5.45. The van der Waals surface area contributed by atoms with Gasteiger partial charge in [0.05, 0.1) is 23.6 Å². The summed E-state index contributed by atoms with van der Waals surface area (Å²) in [5.41, 5.74) is 0.522. The first kappa shape index (κ1) is 15.1. The lowest BCUT2D eigenvalue weighted by atomic mass is 10.1. The van der Waals surface area contributed by atoms with Gasteiger partial charge < -0.3 is 14.7 Å². The highest BCUT2D eigenvalue weighted by molar-refractivity contribution is 5.83. The van der Waals surface area contributed by atoms with Crippen LogP contribution in [0.1, 0.15) is 18.9 Å². The van der Waals surface area contributed by atoms with Gasteiger partial charge in [0.1, 0.15) is 0 Å². The lowest BCUT2D eigenvalue weighted by Crippen LogP contribution is -2.38. The van der Waals surface area contributed by atoms with Crippen LogP contribution in [0.5, 0.6) is 5.75 Å². The fourth-order valence-corrected chi connectivity index (χ4v) is 2.87. The molecule has 122 valence electrons. The number of likely N-dealkylation sites (tertiary alicyclic amines) is 1. The predicted octanol–water partition coefficient (Wildman–Crippen LogP) is 2.27. The standard InChI is InChI=1S/C14H16N4O5/c1-23-13-7-11-9(6-12(13)18(21)22)8-17(15-11)10-2-4-16(5-3-10)14(19)20/h6-8,10H,2-5H2,1H3,(H,19,20). The SMILES string of the molecule is COc1cc2nn(C3CCN(C(=O)O)CC3)cc2cc1[N+](=O)[O-]. The van der Waals surface area contributed by atoms with Gasteiger partial charge in [-0.2, -0.15) is 5.10 Å². The lowest BCUT2D eigenvalue weighted by molar-refractivity contribution is -0.385. The van der Waals surface area contributed by atoms with Gasteiger partial charge in [0.2, 0.25) is 0 Å². The second-order valence-electron chi connectivity index (χ2n) is 5.45. The van der Waals surface area contributed by atoms with Crippen molar-refractivity contribution in [2.24, 2.45) is 0 Å². The van der Waals surface area contributed by atoms with Gasteiger partial charge in [0.25, 0.3) is 0 Å². The number of carboxylic acid groups (broad SMARTS) is 1. The molecule has 0 radical (unpaired) electrons. The van der Waals surface area contributed by atoms with Crippen molar-refractivity contribution >= 4 is 22.7 Å². The molecule has 9 nitrogen and oxygen atoms in total. The summed E-state index contributed by atoms with van der Waals surface area (Å²) in [6, 6.07) is 3.09. The third-order valence-corrected chi connectivity index (χ3v) is 4.13. The highest BCUT2D eigenvalue weighted by Crippen LogP contribution is 2.32. The molecule has 1 fully saturated rings. The first-order valence-corrected chi connectivity index (χ1v) is 7.18. The third kappa shape index (κ3) is 2.77. The molecule has 1 aliphatic rings. The van der Waals surface area contributed by atoms with Crippen LogP contribution in [0.4, 0.5) is 10.5 Å². The maximum Gasteiger partial charge on any atom is 0.407 e. The number of benzene rings is 1. The minimum atomic E-state index is -0.908. The van der Waals surface area contributed by atoms with E-state index in [0.717, 1.165) is 0 Å². The predicted molar refractivity (Wildman–Crippen MR) is 80.8 cm³/mol. The molecule has 1 saturated heterocycles. The smallest absolute Gasteiger partial charge is 0.407 e. The van der Waals surface area contributed by atoms with E-state index in [9.17, 15) is 14.9 Å². The van der Waals surface area contributed by atoms with E-state index in [2.05, 4.69) is 5.10 Å². The number of nitrogens with zero attached hydrogens (tertiary/aromatic N) is 4. The van der Waals surface area contributed by atoms with Gasteiger partial charge in [-0.25, -0.2) is 4.79 Å². The van der Waals surface area contributed by atoms with Gasteiger partial charge in [0, 0.05) is 36.8 Å². The average Bonchev–Trinajstić information content (AvgIpc) is 2.96. The molecule has 1 N–H and O–H groups in total. The summed E-state index contributed by atoms with van der Waals surface area (Å²) in [5.74, 6) is 0.174. The summed E-state index contributed by atoms with van der Waals surface area (Å²) in [5, 5.41) is 25.2. The van der Waals surface area contributed by atoms with Gasteiger partial charge in [-0.15, -0.1) is 0 Å². The van der Waals surface area contributed by atoms with Crippen molar-refractivity contribution in [2.45, 2.75) is 18.9 Å². The van der Waals surface area contributed by atoms with Crippen LogP contribution in [-0.4, -0.2) is 51.0 Å². The Morgan fingerprint density at radius 1 is 1.43 bits per heavy atom. The van der Waals surface area contributed by atoms with E-state index in [4.69, 9.17) is 9.84 Å². The molecule has 1 aliphatic heterocycles. The van der Waals surface area contributed by atoms with E-state index in [0.29, 0.717) is 36.8 Å².